The van der Waals surface area contributed by atoms with Gasteiger partial charge >= 0.3 is 6.18 Å². The number of aliphatic hydroxyl groups excluding tert-OH is 1. The van der Waals surface area contributed by atoms with Gasteiger partial charge in [0, 0.05) is 23.4 Å². The molecule has 0 aliphatic heterocycles. The van der Waals surface area contributed by atoms with Crippen LogP contribution in [0, 0.1) is 13.8 Å². The van der Waals surface area contributed by atoms with Crippen LogP contribution >= 0.6 is 0 Å². The number of nitrogens with zero attached hydrogens (tertiary/aromatic N) is 2. The zero-order valence-corrected chi connectivity index (χ0v) is 11.7. The van der Waals surface area contributed by atoms with Gasteiger partial charge in [0.1, 0.15) is 5.82 Å². The van der Waals surface area contributed by atoms with Crippen LogP contribution in [-0.2, 0) is 19.2 Å². The lowest BCUT2D eigenvalue weighted by Gasteiger charge is -2.10. The summed E-state index contributed by atoms with van der Waals surface area (Å²) in [6.45, 7) is 3.34. The van der Waals surface area contributed by atoms with E-state index in [2.05, 4.69) is 9.97 Å². The van der Waals surface area contributed by atoms with Crippen molar-refractivity contribution in [3.63, 3.8) is 0 Å². The van der Waals surface area contributed by atoms with Gasteiger partial charge in [0.15, 0.2) is 0 Å². The summed E-state index contributed by atoms with van der Waals surface area (Å²) >= 11 is 0. The summed E-state index contributed by atoms with van der Waals surface area (Å²) in [5, 5.41) is 9.20. The second-order valence-corrected chi connectivity index (χ2v) is 4.82. The van der Waals surface area contributed by atoms with Gasteiger partial charge < -0.3 is 5.11 Å². The Morgan fingerprint density at radius 2 is 1.71 bits per heavy atom. The van der Waals surface area contributed by atoms with Gasteiger partial charge in [0.2, 0.25) is 0 Å². The maximum Gasteiger partial charge on any atom is 0.416 e. The first kappa shape index (κ1) is 15.4. The SMILES string of the molecule is Cc1nc(Cc2cccc(C(F)(F)F)c2)nc(C)c1CO. The number of rotatable bonds is 3. The minimum Gasteiger partial charge on any atom is -0.392 e. The summed E-state index contributed by atoms with van der Waals surface area (Å²) in [6.07, 6.45) is -4.14. The van der Waals surface area contributed by atoms with E-state index in [4.69, 9.17) is 0 Å². The third-order valence-electron chi connectivity index (χ3n) is 3.24. The van der Waals surface area contributed by atoms with E-state index in [9.17, 15) is 18.3 Å². The highest BCUT2D eigenvalue weighted by Crippen LogP contribution is 2.29. The van der Waals surface area contributed by atoms with Gasteiger partial charge in [-0.15, -0.1) is 0 Å². The summed E-state index contributed by atoms with van der Waals surface area (Å²) in [7, 11) is 0. The quantitative estimate of drug-likeness (QED) is 0.946. The lowest BCUT2D eigenvalue weighted by Crippen LogP contribution is -2.08. The van der Waals surface area contributed by atoms with E-state index in [1.54, 1.807) is 19.9 Å². The van der Waals surface area contributed by atoms with Gasteiger partial charge in [0.05, 0.1) is 12.2 Å². The van der Waals surface area contributed by atoms with Gasteiger partial charge in [-0.3, -0.25) is 0 Å². The average Bonchev–Trinajstić information content (AvgIpc) is 2.37. The standard InChI is InChI=1S/C15H15F3N2O/c1-9-13(8-21)10(2)20-14(19-9)7-11-4-3-5-12(6-11)15(16,17)18/h3-6,21H,7-8H2,1-2H3. The van der Waals surface area contributed by atoms with Crippen LogP contribution in [0.25, 0.3) is 0 Å². The lowest BCUT2D eigenvalue weighted by atomic mass is 10.1. The summed E-state index contributed by atoms with van der Waals surface area (Å²) in [5.41, 5.74) is 1.77. The van der Waals surface area contributed by atoms with E-state index in [1.165, 1.54) is 6.07 Å². The maximum atomic E-state index is 12.7. The molecule has 1 aromatic carbocycles. The van der Waals surface area contributed by atoms with Crippen molar-refractivity contribution < 1.29 is 18.3 Å². The second-order valence-electron chi connectivity index (χ2n) is 4.82. The molecule has 0 bridgehead atoms. The fourth-order valence-electron chi connectivity index (χ4n) is 2.16. The van der Waals surface area contributed by atoms with Gasteiger partial charge in [-0.05, 0) is 25.5 Å². The minimum atomic E-state index is -4.36. The Bertz CT molecular complexity index is 631. The van der Waals surface area contributed by atoms with E-state index in [1.807, 2.05) is 0 Å². The van der Waals surface area contributed by atoms with Crippen molar-refractivity contribution in [3.05, 3.63) is 58.2 Å². The molecular weight excluding hydrogens is 281 g/mol. The molecule has 1 heterocycles. The van der Waals surface area contributed by atoms with Crippen LogP contribution in [0.3, 0.4) is 0 Å². The Hall–Kier alpha value is -1.95. The fraction of sp³-hybridized carbons (Fsp3) is 0.333. The van der Waals surface area contributed by atoms with E-state index in [0.29, 0.717) is 28.3 Å². The smallest absolute Gasteiger partial charge is 0.392 e. The first-order valence-electron chi connectivity index (χ1n) is 6.41. The van der Waals surface area contributed by atoms with Crippen molar-refractivity contribution >= 4 is 0 Å². The van der Waals surface area contributed by atoms with Crippen LogP contribution in [0.4, 0.5) is 13.2 Å². The molecule has 6 heteroatoms. The van der Waals surface area contributed by atoms with Crippen molar-refractivity contribution in [2.24, 2.45) is 0 Å². The Labute approximate surface area is 120 Å². The van der Waals surface area contributed by atoms with Crippen LogP contribution in [0.1, 0.15) is 33.9 Å². The molecular formula is C15H15F3N2O. The summed E-state index contributed by atoms with van der Waals surface area (Å²) in [6, 6.07) is 5.13. The van der Waals surface area contributed by atoms with E-state index in [-0.39, 0.29) is 13.0 Å². The predicted molar refractivity (Wildman–Crippen MR) is 71.7 cm³/mol. The molecule has 0 aliphatic rings. The average molecular weight is 296 g/mol. The topological polar surface area (TPSA) is 46.0 Å². The van der Waals surface area contributed by atoms with Gasteiger partial charge in [-0.2, -0.15) is 13.2 Å². The molecule has 0 spiro atoms. The first-order chi connectivity index (χ1) is 9.81. The number of hydrogen-bond donors (Lipinski definition) is 1. The third-order valence-corrected chi connectivity index (χ3v) is 3.24. The number of benzene rings is 1. The Morgan fingerprint density at radius 1 is 1.10 bits per heavy atom. The molecule has 0 aliphatic carbocycles. The predicted octanol–water partition coefficient (Wildman–Crippen LogP) is 3.20. The number of hydrogen-bond acceptors (Lipinski definition) is 3. The molecule has 2 aromatic rings. The lowest BCUT2D eigenvalue weighted by molar-refractivity contribution is -0.137. The molecule has 112 valence electrons. The van der Waals surface area contributed by atoms with Crippen molar-refractivity contribution in [2.45, 2.75) is 33.1 Å². The summed E-state index contributed by atoms with van der Waals surface area (Å²) in [5.74, 6) is 0.446. The van der Waals surface area contributed by atoms with Crippen molar-refractivity contribution in [1.82, 2.24) is 9.97 Å². The van der Waals surface area contributed by atoms with Crippen LogP contribution in [0.2, 0.25) is 0 Å². The Balaban J connectivity index is 2.31. The minimum absolute atomic E-state index is 0.151. The van der Waals surface area contributed by atoms with E-state index < -0.39 is 11.7 Å². The molecule has 0 unspecified atom stereocenters. The fourth-order valence-corrected chi connectivity index (χ4v) is 2.16. The highest BCUT2D eigenvalue weighted by Gasteiger charge is 2.30. The summed E-state index contributed by atoms with van der Waals surface area (Å²) in [4.78, 5) is 8.48. The van der Waals surface area contributed by atoms with Gasteiger partial charge in [-0.25, -0.2) is 9.97 Å². The van der Waals surface area contributed by atoms with Crippen LogP contribution in [0.15, 0.2) is 24.3 Å². The third kappa shape index (κ3) is 3.58. The zero-order valence-electron chi connectivity index (χ0n) is 11.7. The molecule has 1 N–H and O–H groups in total. The monoisotopic (exact) mass is 296 g/mol. The zero-order chi connectivity index (χ0) is 15.6. The van der Waals surface area contributed by atoms with Gasteiger partial charge in [-0.1, -0.05) is 18.2 Å². The van der Waals surface area contributed by atoms with Crippen molar-refractivity contribution in [3.8, 4) is 0 Å². The normalized spacial score (nSPS) is 11.7. The van der Waals surface area contributed by atoms with Gasteiger partial charge in [0.25, 0.3) is 0 Å². The Morgan fingerprint density at radius 3 is 2.24 bits per heavy atom. The largest absolute Gasteiger partial charge is 0.416 e. The number of aryl methyl sites for hydroxylation is 2. The summed E-state index contributed by atoms with van der Waals surface area (Å²) < 4.78 is 38.0. The van der Waals surface area contributed by atoms with Crippen molar-refractivity contribution in [2.75, 3.05) is 0 Å². The molecule has 0 saturated heterocycles. The van der Waals surface area contributed by atoms with Crippen molar-refractivity contribution in [1.29, 1.82) is 0 Å². The second kappa shape index (κ2) is 5.81. The molecule has 2 rings (SSSR count). The number of aliphatic hydroxyl groups is 1. The molecule has 0 fully saturated rings. The number of alkyl halides is 3. The Kier molecular flexibility index (Phi) is 4.27. The maximum absolute atomic E-state index is 12.7. The van der Waals surface area contributed by atoms with E-state index in [0.717, 1.165) is 12.1 Å². The van der Waals surface area contributed by atoms with Crippen LogP contribution < -0.4 is 0 Å². The highest BCUT2D eigenvalue weighted by molar-refractivity contribution is 5.29. The number of halogens is 3. The number of aromatic nitrogens is 2. The van der Waals surface area contributed by atoms with Crippen LogP contribution in [0.5, 0.6) is 0 Å². The molecule has 0 atom stereocenters. The molecule has 3 nitrogen and oxygen atoms in total. The highest BCUT2D eigenvalue weighted by atomic mass is 19.4. The van der Waals surface area contributed by atoms with E-state index >= 15 is 0 Å². The molecule has 21 heavy (non-hydrogen) atoms. The molecule has 1 aromatic heterocycles. The first-order valence-corrected chi connectivity index (χ1v) is 6.41. The van der Waals surface area contributed by atoms with Crippen LogP contribution in [-0.4, -0.2) is 15.1 Å². The molecule has 0 amide bonds. The molecule has 0 radical (unpaired) electrons. The molecule has 0 saturated carbocycles.